The third-order valence-electron chi connectivity index (χ3n) is 2.81. The van der Waals surface area contributed by atoms with Crippen LogP contribution in [0, 0.1) is 6.92 Å². The Bertz CT molecular complexity index is 510. The molecular weight excluding hydrogens is 262 g/mol. The van der Waals surface area contributed by atoms with Gasteiger partial charge in [-0.15, -0.1) is 11.3 Å². The molecule has 1 unspecified atom stereocenters. The Kier molecular flexibility index (Phi) is 4.83. The van der Waals surface area contributed by atoms with Gasteiger partial charge in [-0.3, -0.25) is 0 Å². The quantitative estimate of drug-likeness (QED) is 0.814. The molecule has 0 saturated carbocycles. The molecule has 98 valence electrons. The molecule has 2 rings (SSSR count). The summed E-state index contributed by atoms with van der Waals surface area (Å²) in [5.41, 5.74) is 2.31. The molecule has 2 heterocycles. The van der Waals surface area contributed by atoms with E-state index in [1.807, 2.05) is 11.8 Å². The lowest BCUT2D eigenvalue weighted by Crippen LogP contribution is -2.17. The van der Waals surface area contributed by atoms with E-state index in [0.29, 0.717) is 6.04 Å². The number of hydrogen-bond donors (Lipinski definition) is 1. The van der Waals surface area contributed by atoms with Crippen molar-refractivity contribution >= 4 is 39.1 Å². The maximum Gasteiger partial charge on any atom is 0.147 e. The first kappa shape index (κ1) is 13.6. The van der Waals surface area contributed by atoms with E-state index < -0.39 is 0 Å². The fourth-order valence-corrected chi connectivity index (χ4v) is 3.55. The van der Waals surface area contributed by atoms with Crippen molar-refractivity contribution in [2.24, 2.45) is 0 Å². The summed E-state index contributed by atoms with van der Waals surface area (Å²) in [6.07, 6.45) is 2.81. The van der Waals surface area contributed by atoms with Crippen LogP contribution in [0.5, 0.6) is 0 Å². The largest absolute Gasteiger partial charge is 0.366 e. The fourth-order valence-electron chi connectivity index (χ4n) is 1.78. The monoisotopic (exact) mass is 281 g/mol. The number of fused-ring (bicyclic) bond motifs is 1. The molecule has 2 aromatic rings. The van der Waals surface area contributed by atoms with Crippen molar-refractivity contribution in [3.63, 3.8) is 0 Å². The van der Waals surface area contributed by atoms with Crippen LogP contribution in [0.25, 0.3) is 10.2 Å². The van der Waals surface area contributed by atoms with Crippen molar-refractivity contribution in [1.82, 2.24) is 9.97 Å². The Balaban J connectivity index is 2.07. The molecule has 0 aliphatic rings. The van der Waals surface area contributed by atoms with Crippen LogP contribution in [0.3, 0.4) is 0 Å². The normalized spacial score (nSPS) is 12.8. The van der Waals surface area contributed by atoms with Crippen molar-refractivity contribution < 1.29 is 0 Å². The molecule has 0 saturated heterocycles. The molecule has 3 nitrogen and oxygen atoms in total. The van der Waals surface area contributed by atoms with Gasteiger partial charge in [-0.05, 0) is 42.7 Å². The molecule has 0 bridgehead atoms. The Morgan fingerprint density at radius 1 is 1.44 bits per heavy atom. The summed E-state index contributed by atoms with van der Waals surface area (Å²) in [6.45, 7) is 6.51. The van der Waals surface area contributed by atoms with Gasteiger partial charge in [0.15, 0.2) is 0 Å². The number of aryl methyl sites for hydroxylation is 1. The van der Waals surface area contributed by atoms with Crippen LogP contribution in [-0.2, 0) is 0 Å². The van der Waals surface area contributed by atoms with Gasteiger partial charge in [0.1, 0.15) is 12.1 Å². The maximum absolute atomic E-state index is 4.37. The lowest BCUT2D eigenvalue weighted by atomic mass is 10.2. The van der Waals surface area contributed by atoms with Crippen molar-refractivity contribution in [2.45, 2.75) is 33.2 Å². The average molecular weight is 281 g/mol. The number of nitrogens with one attached hydrogen (secondary N) is 1. The smallest absolute Gasteiger partial charge is 0.147 e. The molecule has 0 aromatic carbocycles. The molecule has 1 N–H and O–H groups in total. The Hall–Kier alpha value is -0.810. The minimum atomic E-state index is 0.449. The number of aromatic nitrogens is 2. The number of thiophene rings is 1. The minimum Gasteiger partial charge on any atom is -0.366 e. The van der Waals surface area contributed by atoms with Crippen LogP contribution in [0.2, 0.25) is 0 Å². The van der Waals surface area contributed by atoms with Gasteiger partial charge in [0.25, 0.3) is 0 Å². The lowest BCUT2D eigenvalue weighted by Gasteiger charge is -2.14. The highest BCUT2D eigenvalue weighted by Gasteiger charge is 2.10. The van der Waals surface area contributed by atoms with E-state index in [0.717, 1.165) is 17.8 Å². The zero-order chi connectivity index (χ0) is 13.0. The molecule has 0 aliphatic carbocycles. The number of hydrogen-bond acceptors (Lipinski definition) is 5. The van der Waals surface area contributed by atoms with Crippen LogP contribution < -0.4 is 5.32 Å². The van der Waals surface area contributed by atoms with Gasteiger partial charge in [-0.1, -0.05) is 6.92 Å². The highest BCUT2D eigenvalue weighted by molar-refractivity contribution is 7.99. The number of anilines is 1. The second-order valence-electron chi connectivity index (χ2n) is 4.35. The summed E-state index contributed by atoms with van der Waals surface area (Å²) in [4.78, 5) is 8.71. The van der Waals surface area contributed by atoms with E-state index in [1.54, 1.807) is 17.7 Å². The second kappa shape index (κ2) is 6.38. The van der Waals surface area contributed by atoms with Crippen molar-refractivity contribution in [3.8, 4) is 0 Å². The topological polar surface area (TPSA) is 37.8 Å². The van der Waals surface area contributed by atoms with E-state index in [9.17, 15) is 0 Å². The van der Waals surface area contributed by atoms with Crippen LogP contribution in [0.4, 0.5) is 5.82 Å². The second-order valence-corrected chi connectivity index (χ2v) is 6.62. The number of nitrogens with zero attached hydrogens (tertiary/aromatic N) is 2. The summed E-state index contributed by atoms with van der Waals surface area (Å²) >= 11 is 3.70. The van der Waals surface area contributed by atoms with Crippen molar-refractivity contribution in [3.05, 3.63) is 17.3 Å². The van der Waals surface area contributed by atoms with Gasteiger partial charge in [-0.2, -0.15) is 11.8 Å². The SMILES string of the molecule is CCSCCC(C)Nc1ncnc2c(C)csc12. The molecule has 0 aliphatic heterocycles. The maximum atomic E-state index is 4.37. The molecule has 0 radical (unpaired) electrons. The van der Waals surface area contributed by atoms with Crippen molar-refractivity contribution in [2.75, 3.05) is 16.8 Å². The number of rotatable bonds is 6. The van der Waals surface area contributed by atoms with E-state index >= 15 is 0 Å². The van der Waals surface area contributed by atoms with Gasteiger partial charge >= 0.3 is 0 Å². The van der Waals surface area contributed by atoms with Gasteiger partial charge in [0, 0.05) is 6.04 Å². The van der Waals surface area contributed by atoms with E-state index in [-0.39, 0.29) is 0 Å². The summed E-state index contributed by atoms with van der Waals surface area (Å²) in [7, 11) is 0. The lowest BCUT2D eigenvalue weighted by molar-refractivity contribution is 0.768. The highest BCUT2D eigenvalue weighted by Crippen LogP contribution is 2.28. The zero-order valence-corrected chi connectivity index (χ0v) is 12.7. The van der Waals surface area contributed by atoms with Crippen molar-refractivity contribution in [1.29, 1.82) is 0 Å². The first-order chi connectivity index (χ1) is 8.72. The minimum absolute atomic E-state index is 0.449. The summed E-state index contributed by atoms with van der Waals surface area (Å²) in [5.74, 6) is 3.36. The van der Waals surface area contributed by atoms with Gasteiger partial charge in [0.2, 0.25) is 0 Å². The molecule has 1 atom stereocenters. The Morgan fingerprint density at radius 3 is 3.06 bits per heavy atom. The number of thioether (sulfide) groups is 1. The molecule has 5 heteroatoms. The summed E-state index contributed by atoms with van der Waals surface area (Å²) in [6, 6.07) is 0.449. The molecule has 0 fully saturated rings. The third kappa shape index (κ3) is 3.14. The van der Waals surface area contributed by atoms with E-state index in [1.165, 1.54) is 21.8 Å². The first-order valence-corrected chi connectivity index (χ1v) is 8.29. The standard InChI is InChI=1S/C13H19N3S2/c1-4-17-6-5-10(3)16-13-12-11(14-8-15-13)9(2)7-18-12/h7-8,10H,4-6H2,1-3H3,(H,14,15,16). The molecule has 0 amide bonds. The predicted molar refractivity (Wildman–Crippen MR) is 82.9 cm³/mol. The highest BCUT2D eigenvalue weighted by atomic mass is 32.2. The molecule has 18 heavy (non-hydrogen) atoms. The van der Waals surface area contributed by atoms with Crippen LogP contribution in [-0.4, -0.2) is 27.5 Å². The van der Waals surface area contributed by atoms with Crippen LogP contribution in [0.1, 0.15) is 25.8 Å². The van der Waals surface area contributed by atoms with E-state index in [2.05, 4.69) is 41.4 Å². The molecule has 0 spiro atoms. The van der Waals surface area contributed by atoms with E-state index in [4.69, 9.17) is 0 Å². The van der Waals surface area contributed by atoms with Gasteiger partial charge < -0.3 is 5.32 Å². The molecular formula is C13H19N3S2. The summed E-state index contributed by atoms with van der Waals surface area (Å²) in [5, 5.41) is 5.64. The zero-order valence-electron chi connectivity index (χ0n) is 11.1. The first-order valence-electron chi connectivity index (χ1n) is 6.25. The fraction of sp³-hybridized carbons (Fsp3) is 0.538. The van der Waals surface area contributed by atoms with Gasteiger partial charge in [-0.25, -0.2) is 9.97 Å². The van der Waals surface area contributed by atoms with Crippen LogP contribution >= 0.6 is 23.1 Å². The summed E-state index contributed by atoms with van der Waals surface area (Å²) < 4.78 is 1.17. The van der Waals surface area contributed by atoms with Crippen LogP contribution in [0.15, 0.2) is 11.7 Å². The Morgan fingerprint density at radius 2 is 2.28 bits per heavy atom. The predicted octanol–water partition coefficient (Wildman–Crippen LogP) is 3.94. The Labute approximate surface area is 116 Å². The average Bonchev–Trinajstić information content (AvgIpc) is 2.73. The van der Waals surface area contributed by atoms with Gasteiger partial charge in [0.05, 0.1) is 10.2 Å². The molecule has 2 aromatic heterocycles. The third-order valence-corrected chi connectivity index (χ3v) is 4.84.